The highest BCUT2D eigenvalue weighted by molar-refractivity contribution is 6.22. The van der Waals surface area contributed by atoms with Crippen molar-refractivity contribution in [3.63, 3.8) is 0 Å². The smallest absolute Gasteiger partial charge is 0.0980 e. The van der Waals surface area contributed by atoms with E-state index in [1.165, 1.54) is 16.7 Å². The van der Waals surface area contributed by atoms with Crippen LogP contribution in [-0.2, 0) is 0 Å². The Labute approximate surface area is 77.0 Å². The van der Waals surface area contributed by atoms with Crippen molar-refractivity contribution >= 4 is 17.2 Å². The van der Waals surface area contributed by atoms with E-state index in [9.17, 15) is 0 Å². The third-order valence-electron chi connectivity index (χ3n) is 2.27. The second kappa shape index (κ2) is 2.98. The van der Waals surface area contributed by atoms with Crippen LogP contribution < -0.4 is 0 Å². The molecule has 64 valence electrons. The van der Waals surface area contributed by atoms with Gasteiger partial charge in [0.25, 0.3) is 0 Å². The van der Waals surface area contributed by atoms with E-state index in [4.69, 9.17) is 16.0 Å². The van der Waals surface area contributed by atoms with Gasteiger partial charge in [0, 0.05) is 5.56 Å². The molecule has 1 aliphatic carbocycles. The highest BCUT2D eigenvalue weighted by atomic mass is 35.5. The first-order valence-electron chi connectivity index (χ1n) is 4.15. The molecule has 1 atom stereocenters. The van der Waals surface area contributed by atoms with Crippen LogP contribution in [0.2, 0.25) is 0 Å². The molecule has 2 heteroatoms. The van der Waals surface area contributed by atoms with E-state index in [0.29, 0.717) is 0 Å². The fourth-order valence-electron chi connectivity index (χ4n) is 1.59. The van der Waals surface area contributed by atoms with Gasteiger partial charge >= 0.3 is 0 Å². The highest BCUT2D eigenvalue weighted by Crippen LogP contribution is 2.32. The van der Waals surface area contributed by atoms with E-state index in [-0.39, 0.29) is 5.38 Å². The summed E-state index contributed by atoms with van der Waals surface area (Å²) in [5.74, 6) is 0. The van der Waals surface area contributed by atoms with Crippen LogP contribution in [0.4, 0.5) is 0 Å². The van der Waals surface area contributed by atoms with Crippen molar-refractivity contribution in [2.45, 2.75) is 25.1 Å². The first kappa shape index (κ1) is 7.93. The summed E-state index contributed by atoms with van der Waals surface area (Å²) in [4.78, 5) is 0. The van der Waals surface area contributed by atoms with Crippen molar-refractivity contribution < 1.29 is 4.42 Å². The van der Waals surface area contributed by atoms with E-state index in [1.54, 1.807) is 12.5 Å². The number of furan rings is 1. The van der Waals surface area contributed by atoms with Gasteiger partial charge in [0.1, 0.15) is 0 Å². The molecule has 0 radical (unpaired) electrons. The Bertz CT molecular complexity index is 311. The minimum atomic E-state index is 0.217. The van der Waals surface area contributed by atoms with Crippen molar-refractivity contribution in [2.75, 3.05) is 0 Å². The molecule has 1 heterocycles. The predicted molar refractivity (Wildman–Crippen MR) is 50.3 cm³/mol. The van der Waals surface area contributed by atoms with Crippen molar-refractivity contribution in [1.82, 2.24) is 0 Å². The van der Waals surface area contributed by atoms with Crippen LogP contribution in [0.25, 0.3) is 5.57 Å². The number of hydrogen-bond acceptors (Lipinski definition) is 1. The van der Waals surface area contributed by atoms with E-state index < -0.39 is 0 Å². The third kappa shape index (κ3) is 1.29. The average Bonchev–Trinajstić information content (AvgIpc) is 2.58. The molecular formula is C10H11ClO. The molecule has 1 aromatic rings. The number of halogens is 1. The minimum absolute atomic E-state index is 0.217. The second-order valence-corrected chi connectivity index (χ2v) is 3.78. The normalized spacial score (nSPS) is 22.8. The lowest BCUT2D eigenvalue weighted by molar-refractivity contribution is 0.564. The van der Waals surface area contributed by atoms with Gasteiger partial charge in [-0.2, -0.15) is 0 Å². The monoisotopic (exact) mass is 182 g/mol. The minimum Gasteiger partial charge on any atom is -0.472 e. The summed E-state index contributed by atoms with van der Waals surface area (Å²) in [5, 5.41) is 0.217. The topological polar surface area (TPSA) is 13.1 Å². The van der Waals surface area contributed by atoms with Crippen LogP contribution in [0.15, 0.2) is 23.0 Å². The zero-order valence-corrected chi connectivity index (χ0v) is 7.77. The summed E-state index contributed by atoms with van der Waals surface area (Å²) in [6.07, 6.45) is 7.84. The zero-order chi connectivity index (χ0) is 8.55. The number of aryl methyl sites for hydroxylation is 1. The summed E-state index contributed by atoms with van der Waals surface area (Å²) in [6.45, 7) is 2.06. The highest BCUT2D eigenvalue weighted by Gasteiger charge is 2.16. The standard InChI is InChI=1S/C10H11ClO/c1-7-5-12-6-10(7)8-2-3-9(11)4-8/h4-6,9H,2-3H2,1H3. The summed E-state index contributed by atoms with van der Waals surface area (Å²) in [6, 6.07) is 0. The van der Waals surface area contributed by atoms with Gasteiger partial charge < -0.3 is 4.42 Å². The molecule has 1 unspecified atom stereocenters. The SMILES string of the molecule is Cc1cocc1C1=CC(Cl)CC1. The maximum absolute atomic E-state index is 5.97. The van der Waals surface area contributed by atoms with Gasteiger partial charge in [-0.3, -0.25) is 0 Å². The van der Waals surface area contributed by atoms with Crippen LogP contribution in [0.3, 0.4) is 0 Å². The lowest BCUT2D eigenvalue weighted by Gasteiger charge is -1.96. The van der Waals surface area contributed by atoms with Crippen molar-refractivity contribution in [3.8, 4) is 0 Å². The first-order chi connectivity index (χ1) is 5.77. The molecule has 0 spiro atoms. The molecule has 2 rings (SSSR count). The van der Waals surface area contributed by atoms with E-state index in [1.807, 2.05) is 0 Å². The Morgan fingerprint density at radius 1 is 1.50 bits per heavy atom. The summed E-state index contributed by atoms with van der Waals surface area (Å²) in [7, 11) is 0. The van der Waals surface area contributed by atoms with Gasteiger partial charge in [-0.25, -0.2) is 0 Å². The second-order valence-electron chi connectivity index (χ2n) is 3.22. The van der Waals surface area contributed by atoms with Gasteiger partial charge in [0.2, 0.25) is 0 Å². The number of alkyl halides is 1. The fraction of sp³-hybridized carbons (Fsp3) is 0.400. The van der Waals surface area contributed by atoms with Crippen molar-refractivity contribution in [2.24, 2.45) is 0 Å². The molecule has 1 nitrogen and oxygen atoms in total. The number of hydrogen-bond donors (Lipinski definition) is 0. The van der Waals surface area contributed by atoms with Gasteiger partial charge in [0.05, 0.1) is 17.9 Å². The van der Waals surface area contributed by atoms with Crippen molar-refractivity contribution in [3.05, 3.63) is 29.7 Å². The maximum Gasteiger partial charge on any atom is 0.0980 e. The van der Waals surface area contributed by atoms with Crippen LogP contribution in [0.1, 0.15) is 24.0 Å². The van der Waals surface area contributed by atoms with Crippen LogP contribution in [0.5, 0.6) is 0 Å². The summed E-state index contributed by atoms with van der Waals surface area (Å²) in [5.41, 5.74) is 3.76. The maximum atomic E-state index is 5.97. The molecule has 1 aromatic heterocycles. The van der Waals surface area contributed by atoms with E-state index in [2.05, 4.69) is 13.0 Å². The first-order valence-corrected chi connectivity index (χ1v) is 4.59. The molecular weight excluding hydrogens is 172 g/mol. The van der Waals surface area contributed by atoms with Crippen molar-refractivity contribution in [1.29, 1.82) is 0 Å². The lowest BCUT2D eigenvalue weighted by atomic mass is 10.1. The molecule has 1 aliphatic rings. The van der Waals surface area contributed by atoms with Gasteiger partial charge in [-0.05, 0) is 30.9 Å². The Hall–Kier alpha value is -0.690. The van der Waals surface area contributed by atoms with Crippen LogP contribution in [-0.4, -0.2) is 5.38 Å². The fourth-order valence-corrected chi connectivity index (χ4v) is 1.85. The number of allylic oxidation sites excluding steroid dienone is 2. The van der Waals surface area contributed by atoms with Crippen LogP contribution in [0, 0.1) is 6.92 Å². The molecule has 12 heavy (non-hydrogen) atoms. The molecule has 0 amide bonds. The van der Waals surface area contributed by atoms with Gasteiger partial charge in [-0.1, -0.05) is 6.08 Å². The Morgan fingerprint density at radius 2 is 2.33 bits per heavy atom. The quantitative estimate of drug-likeness (QED) is 0.607. The Kier molecular flexibility index (Phi) is 1.97. The summed E-state index contributed by atoms with van der Waals surface area (Å²) < 4.78 is 5.11. The van der Waals surface area contributed by atoms with Gasteiger partial charge in [0.15, 0.2) is 0 Å². The Balaban J connectivity index is 2.32. The lowest BCUT2D eigenvalue weighted by Crippen LogP contribution is -1.81. The molecule has 0 saturated heterocycles. The number of rotatable bonds is 1. The molecule has 0 fully saturated rings. The largest absolute Gasteiger partial charge is 0.472 e. The Morgan fingerprint density at radius 3 is 2.83 bits per heavy atom. The predicted octanol–water partition coefficient (Wildman–Crippen LogP) is 3.37. The average molecular weight is 183 g/mol. The van der Waals surface area contributed by atoms with E-state index in [0.717, 1.165) is 12.8 Å². The van der Waals surface area contributed by atoms with Gasteiger partial charge in [-0.15, -0.1) is 11.6 Å². The molecule has 0 aliphatic heterocycles. The van der Waals surface area contributed by atoms with E-state index >= 15 is 0 Å². The third-order valence-corrected chi connectivity index (χ3v) is 2.62. The summed E-state index contributed by atoms with van der Waals surface area (Å²) >= 11 is 5.97. The molecule has 0 N–H and O–H groups in total. The molecule has 0 aromatic carbocycles. The zero-order valence-electron chi connectivity index (χ0n) is 7.01. The van der Waals surface area contributed by atoms with Crippen LogP contribution >= 0.6 is 11.6 Å². The molecule has 0 saturated carbocycles. The molecule has 0 bridgehead atoms.